The zero-order valence-corrected chi connectivity index (χ0v) is 7.85. The Labute approximate surface area is 84.4 Å². The molecule has 1 amide bonds. The molecule has 0 heterocycles. The molecule has 0 fully saturated rings. The lowest BCUT2D eigenvalue weighted by Gasteiger charge is -2.04. The van der Waals surface area contributed by atoms with Crippen LogP contribution in [-0.2, 0) is 4.79 Å². The number of rotatable bonds is 2. The van der Waals surface area contributed by atoms with Crippen LogP contribution in [0.2, 0.25) is 0 Å². The quantitative estimate of drug-likeness (QED) is 0.596. The highest BCUT2D eigenvalue weighted by molar-refractivity contribution is 5.99. The molecule has 80 valence electrons. The molecule has 0 aliphatic heterocycles. The van der Waals surface area contributed by atoms with Crippen LogP contribution < -0.4 is 5.32 Å². The van der Waals surface area contributed by atoms with E-state index >= 15 is 0 Å². The molecule has 15 heavy (non-hydrogen) atoms. The summed E-state index contributed by atoms with van der Waals surface area (Å²) in [4.78, 5) is 11.0. The maximum Gasteiger partial charge on any atom is 0.248 e. The Bertz CT molecular complexity index is 415. The van der Waals surface area contributed by atoms with E-state index in [-0.39, 0.29) is 0 Å². The van der Waals surface area contributed by atoms with Gasteiger partial charge in [-0.05, 0) is 13.0 Å². The van der Waals surface area contributed by atoms with Crippen molar-refractivity contribution >= 4 is 11.6 Å². The number of carbonyl (C=O) groups excluding carboxylic acids is 1. The molecule has 1 aromatic carbocycles. The van der Waals surface area contributed by atoms with Crippen molar-refractivity contribution < 1.29 is 18.0 Å². The number of nitrogens with one attached hydrogen (secondary N) is 1. The SMILES string of the molecule is C/C=C/C(=O)Nc1cc(F)c(F)cc1F. The van der Waals surface area contributed by atoms with Crippen LogP contribution in [0.1, 0.15) is 6.92 Å². The summed E-state index contributed by atoms with van der Waals surface area (Å²) in [6.07, 6.45) is 2.58. The van der Waals surface area contributed by atoms with Crippen LogP contribution in [0.3, 0.4) is 0 Å². The third kappa shape index (κ3) is 2.83. The summed E-state index contributed by atoms with van der Waals surface area (Å²) in [5.74, 6) is -4.14. The molecular formula is C10H8F3NO. The molecule has 0 bridgehead atoms. The first-order valence-corrected chi connectivity index (χ1v) is 4.13. The van der Waals surface area contributed by atoms with E-state index in [0.29, 0.717) is 12.1 Å². The Hall–Kier alpha value is -1.78. The average molecular weight is 215 g/mol. The van der Waals surface area contributed by atoms with Gasteiger partial charge in [-0.25, -0.2) is 13.2 Å². The van der Waals surface area contributed by atoms with Gasteiger partial charge in [-0.15, -0.1) is 0 Å². The normalized spacial score (nSPS) is 10.7. The van der Waals surface area contributed by atoms with Gasteiger partial charge in [0.15, 0.2) is 11.6 Å². The second-order valence-electron chi connectivity index (χ2n) is 2.74. The van der Waals surface area contributed by atoms with Crippen molar-refractivity contribution in [2.45, 2.75) is 6.92 Å². The Morgan fingerprint density at radius 3 is 2.40 bits per heavy atom. The number of hydrogen-bond acceptors (Lipinski definition) is 1. The number of hydrogen-bond donors (Lipinski definition) is 1. The molecule has 0 radical (unpaired) electrons. The third-order valence-electron chi connectivity index (χ3n) is 1.59. The molecule has 0 saturated heterocycles. The topological polar surface area (TPSA) is 29.1 Å². The van der Waals surface area contributed by atoms with Crippen molar-refractivity contribution in [3.05, 3.63) is 41.7 Å². The molecule has 2 nitrogen and oxygen atoms in total. The maximum atomic E-state index is 13.0. The van der Waals surface area contributed by atoms with E-state index in [0.717, 1.165) is 6.08 Å². The lowest BCUT2D eigenvalue weighted by molar-refractivity contribution is -0.111. The van der Waals surface area contributed by atoms with Crippen LogP contribution in [0, 0.1) is 17.5 Å². The highest BCUT2D eigenvalue weighted by Crippen LogP contribution is 2.18. The standard InChI is InChI=1S/C10H8F3NO/c1-2-3-10(15)14-9-5-7(12)6(11)4-8(9)13/h2-5H,1H3,(H,14,15)/b3-2+. The van der Waals surface area contributed by atoms with Gasteiger partial charge in [0.05, 0.1) is 5.69 Å². The van der Waals surface area contributed by atoms with Crippen molar-refractivity contribution in [2.75, 3.05) is 5.32 Å². The van der Waals surface area contributed by atoms with Gasteiger partial charge < -0.3 is 5.32 Å². The summed E-state index contributed by atoms with van der Waals surface area (Å²) in [5.41, 5.74) is -0.392. The molecule has 0 saturated carbocycles. The molecule has 5 heteroatoms. The molecule has 0 aliphatic rings. The van der Waals surface area contributed by atoms with Gasteiger partial charge in [0.2, 0.25) is 5.91 Å². The van der Waals surface area contributed by atoms with Crippen molar-refractivity contribution in [1.82, 2.24) is 0 Å². The van der Waals surface area contributed by atoms with Crippen LogP contribution in [0.4, 0.5) is 18.9 Å². The predicted molar refractivity (Wildman–Crippen MR) is 49.8 cm³/mol. The second-order valence-corrected chi connectivity index (χ2v) is 2.74. The predicted octanol–water partition coefficient (Wildman–Crippen LogP) is 2.62. The minimum atomic E-state index is -1.29. The summed E-state index contributed by atoms with van der Waals surface area (Å²) < 4.78 is 38.2. The van der Waals surface area contributed by atoms with Crippen molar-refractivity contribution in [3.63, 3.8) is 0 Å². The molecule has 0 aromatic heterocycles. The fourth-order valence-corrected chi connectivity index (χ4v) is 0.944. The van der Waals surface area contributed by atoms with Gasteiger partial charge in [-0.1, -0.05) is 6.08 Å². The Balaban J connectivity index is 2.95. The number of amides is 1. The first-order valence-electron chi connectivity index (χ1n) is 4.13. The molecular weight excluding hydrogens is 207 g/mol. The van der Waals surface area contributed by atoms with E-state index < -0.39 is 29.0 Å². The molecule has 0 spiro atoms. The largest absolute Gasteiger partial charge is 0.320 e. The maximum absolute atomic E-state index is 13.0. The molecule has 0 atom stereocenters. The summed E-state index contributed by atoms with van der Waals surface area (Å²) >= 11 is 0. The van der Waals surface area contributed by atoms with E-state index in [4.69, 9.17) is 0 Å². The Morgan fingerprint density at radius 1 is 1.20 bits per heavy atom. The summed E-state index contributed by atoms with van der Waals surface area (Å²) in [5, 5.41) is 2.07. The van der Waals surface area contributed by atoms with Gasteiger partial charge in [-0.2, -0.15) is 0 Å². The van der Waals surface area contributed by atoms with E-state index in [1.165, 1.54) is 6.08 Å². The fraction of sp³-hybridized carbons (Fsp3) is 0.100. The number of anilines is 1. The van der Waals surface area contributed by atoms with Crippen LogP contribution >= 0.6 is 0 Å². The van der Waals surface area contributed by atoms with Crippen LogP contribution in [0.5, 0.6) is 0 Å². The number of benzene rings is 1. The van der Waals surface area contributed by atoms with E-state index in [1.807, 2.05) is 0 Å². The van der Waals surface area contributed by atoms with Crippen LogP contribution in [0.25, 0.3) is 0 Å². The highest BCUT2D eigenvalue weighted by Gasteiger charge is 2.10. The lowest BCUT2D eigenvalue weighted by Crippen LogP contribution is -2.10. The minimum absolute atomic E-state index is 0.376. The highest BCUT2D eigenvalue weighted by atomic mass is 19.2. The van der Waals surface area contributed by atoms with E-state index in [1.54, 1.807) is 6.92 Å². The van der Waals surface area contributed by atoms with Crippen LogP contribution in [0.15, 0.2) is 24.3 Å². The molecule has 0 unspecified atom stereocenters. The van der Waals surface area contributed by atoms with Gasteiger partial charge >= 0.3 is 0 Å². The summed E-state index contributed by atoms with van der Waals surface area (Å²) in [6.45, 7) is 1.60. The molecule has 0 aliphatic carbocycles. The van der Waals surface area contributed by atoms with E-state index in [2.05, 4.69) is 5.32 Å². The number of allylic oxidation sites excluding steroid dienone is 1. The van der Waals surface area contributed by atoms with Gasteiger partial charge in [0.25, 0.3) is 0 Å². The van der Waals surface area contributed by atoms with E-state index in [9.17, 15) is 18.0 Å². The monoisotopic (exact) mass is 215 g/mol. The zero-order valence-electron chi connectivity index (χ0n) is 7.85. The van der Waals surface area contributed by atoms with Crippen LogP contribution in [-0.4, -0.2) is 5.91 Å². The average Bonchev–Trinajstić information content (AvgIpc) is 2.14. The van der Waals surface area contributed by atoms with Crippen molar-refractivity contribution in [3.8, 4) is 0 Å². The van der Waals surface area contributed by atoms with Gasteiger partial charge in [0, 0.05) is 12.1 Å². The smallest absolute Gasteiger partial charge is 0.248 e. The van der Waals surface area contributed by atoms with Gasteiger partial charge in [0.1, 0.15) is 5.82 Å². The first kappa shape index (κ1) is 11.3. The summed E-state index contributed by atoms with van der Waals surface area (Å²) in [7, 11) is 0. The van der Waals surface area contributed by atoms with Crippen molar-refractivity contribution in [1.29, 1.82) is 0 Å². The Kier molecular flexibility index (Phi) is 3.49. The zero-order chi connectivity index (χ0) is 11.4. The molecule has 1 rings (SSSR count). The minimum Gasteiger partial charge on any atom is -0.320 e. The second kappa shape index (κ2) is 4.63. The lowest BCUT2D eigenvalue weighted by atomic mass is 10.2. The number of carbonyl (C=O) groups is 1. The molecule has 1 aromatic rings. The number of halogens is 3. The summed E-state index contributed by atoms with van der Waals surface area (Å²) in [6, 6.07) is 0.965. The first-order chi connectivity index (χ1) is 7.04. The van der Waals surface area contributed by atoms with Gasteiger partial charge in [-0.3, -0.25) is 4.79 Å². The molecule has 1 N–H and O–H groups in total. The Morgan fingerprint density at radius 2 is 1.80 bits per heavy atom. The fourth-order valence-electron chi connectivity index (χ4n) is 0.944. The van der Waals surface area contributed by atoms with Crippen molar-refractivity contribution in [2.24, 2.45) is 0 Å². The third-order valence-corrected chi connectivity index (χ3v) is 1.59.